The molecule has 0 bridgehead atoms. The van der Waals surface area contributed by atoms with Crippen LogP contribution in [0.2, 0.25) is 0 Å². The highest BCUT2D eigenvalue weighted by Gasteiger charge is 2.73. The number of alkyl halides is 3. The first-order chi connectivity index (χ1) is 17.1. The van der Waals surface area contributed by atoms with Crippen molar-refractivity contribution >= 4 is 29.6 Å². The Morgan fingerprint density at radius 1 is 1.22 bits per heavy atom. The molecule has 0 saturated carbocycles. The lowest BCUT2D eigenvalue weighted by Crippen LogP contribution is -2.78. The second-order valence-electron chi connectivity index (χ2n) is 9.00. The molecule has 8 N–H and O–H groups in total. The topological polar surface area (TPSA) is 199 Å². The minimum Gasteiger partial charge on any atom is -0.370 e. The van der Waals surface area contributed by atoms with Gasteiger partial charge in [-0.1, -0.05) is 6.07 Å². The number of nitrogens with one attached hydrogen (secondary N) is 2. The number of halogens is 3. The highest BCUT2D eigenvalue weighted by molar-refractivity contribution is 5.95. The van der Waals surface area contributed by atoms with E-state index in [1.54, 1.807) is 0 Å². The minimum absolute atomic E-state index is 0.223. The molecule has 200 valence electrons. The third kappa shape index (κ3) is 4.11. The van der Waals surface area contributed by atoms with Crippen LogP contribution in [-0.2, 0) is 15.8 Å². The smallest absolute Gasteiger partial charge is 0.370 e. The van der Waals surface area contributed by atoms with E-state index in [9.17, 15) is 37.8 Å². The molecule has 16 heteroatoms. The summed E-state index contributed by atoms with van der Waals surface area (Å²) in [5.74, 6) is -5.48. The van der Waals surface area contributed by atoms with Gasteiger partial charge in [-0.15, -0.1) is 0 Å². The van der Waals surface area contributed by atoms with Crippen molar-refractivity contribution in [3.8, 4) is 0 Å². The number of hydrogen-bond donors (Lipinski definition) is 6. The van der Waals surface area contributed by atoms with Gasteiger partial charge in [-0.3, -0.25) is 19.3 Å². The minimum atomic E-state index is -4.69. The summed E-state index contributed by atoms with van der Waals surface area (Å²) in [6.07, 6.45) is -4.69. The first-order valence-corrected chi connectivity index (χ1v) is 11.0. The van der Waals surface area contributed by atoms with Gasteiger partial charge in [0.2, 0.25) is 17.6 Å². The van der Waals surface area contributed by atoms with Crippen LogP contribution in [0.5, 0.6) is 0 Å². The van der Waals surface area contributed by atoms with Gasteiger partial charge in [0.25, 0.3) is 5.91 Å². The summed E-state index contributed by atoms with van der Waals surface area (Å²) in [4.78, 5) is 47.4. The summed E-state index contributed by atoms with van der Waals surface area (Å²) in [6.45, 7) is 1.69. The Kier molecular flexibility index (Phi) is 6.07. The van der Waals surface area contributed by atoms with Crippen LogP contribution in [0.1, 0.15) is 29.8 Å². The lowest BCUT2D eigenvalue weighted by molar-refractivity contribution is -0.230. The van der Waals surface area contributed by atoms with E-state index in [-0.39, 0.29) is 30.6 Å². The number of amides is 3. The van der Waals surface area contributed by atoms with E-state index in [1.165, 1.54) is 18.7 Å². The standard InChI is InChI=1S/C21H25F3N8O5/c1-9(33)31(10(2)34)7-13-15-19(30-17(25)29-15)20(36,37)14(8-32(19)18(26)27-13)28-16(35)11-4-3-5-12(6-11)21(22,23)24/h3-6,13-15,36-37H,7-8H2,1-2H3,(H2,26,27)(H,28,35)(H3,25,29,30)/t13-,14-,15-,19-/m0/s1. The number of rotatable bonds is 4. The number of aliphatic imine (C=N–C) groups is 2. The van der Waals surface area contributed by atoms with Gasteiger partial charge in [-0.2, -0.15) is 13.2 Å². The Bertz CT molecular complexity index is 1200. The van der Waals surface area contributed by atoms with Gasteiger partial charge in [0.1, 0.15) is 12.1 Å². The number of aliphatic hydroxyl groups is 2. The number of hydrogen-bond acceptors (Lipinski definition) is 11. The normalized spacial score (nSPS) is 27.9. The predicted molar refractivity (Wildman–Crippen MR) is 121 cm³/mol. The summed E-state index contributed by atoms with van der Waals surface area (Å²) < 4.78 is 39.3. The lowest BCUT2D eigenvalue weighted by atomic mass is 9.84. The molecule has 1 saturated heterocycles. The summed E-state index contributed by atoms with van der Waals surface area (Å²) in [5, 5.41) is 27.8. The van der Waals surface area contributed by atoms with Crippen molar-refractivity contribution in [1.29, 1.82) is 0 Å². The van der Waals surface area contributed by atoms with Crippen LogP contribution in [0.3, 0.4) is 0 Å². The van der Waals surface area contributed by atoms with Gasteiger partial charge in [-0.05, 0) is 18.2 Å². The summed E-state index contributed by atoms with van der Waals surface area (Å²) in [7, 11) is 0. The molecular weight excluding hydrogens is 501 g/mol. The monoisotopic (exact) mass is 526 g/mol. The van der Waals surface area contributed by atoms with Crippen LogP contribution < -0.4 is 22.1 Å². The largest absolute Gasteiger partial charge is 0.416 e. The molecule has 0 unspecified atom stereocenters. The molecule has 3 aliphatic heterocycles. The fourth-order valence-electron chi connectivity index (χ4n) is 4.98. The van der Waals surface area contributed by atoms with Crippen LogP contribution in [0.15, 0.2) is 34.3 Å². The molecule has 1 fully saturated rings. The van der Waals surface area contributed by atoms with Gasteiger partial charge >= 0.3 is 6.18 Å². The Morgan fingerprint density at radius 2 is 1.86 bits per heavy atom. The molecule has 4 atom stereocenters. The SMILES string of the molecule is CC(=O)N(C[C@@H]1N=C(N)N2C[C@H](NC(=O)c3cccc(C(F)(F)F)c3)C(O)(O)[C@@]23NC(N)=N[C@@H]13)C(C)=O. The average Bonchev–Trinajstić information content (AvgIpc) is 3.26. The Labute approximate surface area is 208 Å². The molecule has 3 heterocycles. The highest BCUT2D eigenvalue weighted by atomic mass is 19.4. The first kappa shape index (κ1) is 26.2. The Morgan fingerprint density at radius 3 is 2.46 bits per heavy atom. The van der Waals surface area contributed by atoms with Crippen LogP contribution in [0, 0.1) is 0 Å². The summed E-state index contributed by atoms with van der Waals surface area (Å²) >= 11 is 0. The second kappa shape index (κ2) is 8.58. The van der Waals surface area contributed by atoms with E-state index in [1.807, 2.05) is 0 Å². The molecule has 1 spiro atoms. The fraction of sp³-hybridized carbons (Fsp3) is 0.476. The number of carbonyl (C=O) groups excluding carboxylic acids is 3. The van der Waals surface area contributed by atoms with Gasteiger partial charge < -0.3 is 37.2 Å². The highest BCUT2D eigenvalue weighted by Crippen LogP contribution is 2.45. The predicted octanol–water partition coefficient (Wildman–Crippen LogP) is -2.12. The molecule has 0 radical (unpaired) electrons. The Balaban J connectivity index is 1.66. The maximum atomic E-state index is 13.1. The van der Waals surface area contributed by atoms with Gasteiger partial charge in [-0.25, -0.2) is 9.98 Å². The lowest BCUT2D eigenvalue weighted by Gasteiger charge is -2.49. The molecular formula is C21H25F3N8O5. The number of benzene rings is 1. The molecule has 0 aromatic heterocycles. The average molecular weight is 526 g/mol. The number of imide groups is 1. The zero-order valence-corrected chi connectivity index (χ0v) is 19.7. The molecule has 1 aromatic carbocycles. The van der Waals surface area contributed by atoms with E-state index < -0.39 is 59.0 Å². The first-order valence-electron chi connectivity index (χ1n) is 11.0. The van der Waals surface area contributed by atoms with Crippen molar-refractivity contribution in [1.82, 2.24) is 20.4 Å². The molecule has 0 aliphatic carbocycles. The van der Waals surface area contributed by atoms with Gasteiger partial charge in [0.05, 0.1) is 18.2 Å². The quantitative estimate of drug-likeness (QED) is 0.237. The van der Waals surface area contributed by atoms with Crippen molar-refractivity contribution in [2.45, 2.75) is 49.6 Å². The second-order valence-corrected chi connectivity index (χ2v) is 9.00. The fourth-order valence-corrected chi connectivity index (χ4v) is 4.98. The van der Waals surface area contributed by atoms with E-state index in [0.29, 0.717) is 6.07 Å². The van der Waals surface area contributed by atoms with Gasteiger partial charge in [0.15, 0.2) is 17.6 Å². The summed E-state index contributed by atoms with van der Waals surface area (Å²) in [6, 6.07) is -0.121. The van der Waals surface area contributed by atoms with Crippen molar-refractivity contribution in [2.75, 3.05) is 13.1 Å². The van der Waals surface area contributed by atoms with E-state index in [2.05, 4.69) is 20.6 Å². The zero-order chi connectivity index (χ0) is 27.5. The molecule has 37 heavy (non-hydrogen) atoms. The summed E-state index contributed by atoms with van der Waals surface area (Å²) in [5.41, 5.74) is 8.61. The number of guanidine groups is 2. The number of nitrogens with zero attached hydrogens (tertiary/aromatic N) is 4. The number of carbonyl (C=O) groups is 3. The molecule has 3 aliphatic rings. The van der Waals surface area contributed by atoms with Crippen LogP contribution >= 0.6 is 0 Å². The van der Waals surface area contributed by atoms with E-state index in [4.69, 9.17) is 11.5 Å². The molecule has 4 rings (SSSR count). The van der Waals surface area contributed by atoms with Crippen molar-refractivity contribution < 1.29 is 37.8 Å². The Hall–Kier alpha value is -3.92. The zero-order valence-electron chi connectivity index (χ0n) is 19.7. The number of nitrogens with two attached hydrogens (primary N) is 2. The third-order valence-corrected chi connectivity index (χ3v) is 6.69. The van der Waals surface area contributed by atoms with Crippen molar-refractivity contribution in [2.24, 2.45) is 21.5 Å². The van der Waals surface area contributed by atoms with Crippen LogP contribution in [0.4, 0.5) is 13.2 Å². The van der Waals surface area contributed by atoms with E-state index >= 15 is 0 Å². The third-order valence-electron chi connectivity index (χ3n) is 6.69. The maximum absolute atomic E-state index is 13.1. The van der Waals surface area contributed by atoms with Crippen LogP contribution in [0.25, 0.3) is 0 Å². The van der Waals surface area contributed by atoms with Gasteiger partial charge in [0, 0.05) is 26.0 Å². The van der Waals surface area contributed by atoms with Crippen molar-refractivity contribution in [3.05, 3.63) is 35.4 Å². The molecule has 13 nitrogen and oxygen atoms in total. The molecule has 1 aromatic rings. The maximum Gasteiger partial charge on any atom is 0.416 e. The molecule has 3 amide bonds. The van der Waals surface area contributed by atoms with Crippen molar-refractivity contribution in [3.63, 3.8) is 0 Å². The van der Waals surface area contributed by atoms with E-state index in [0.717, 1.165) is 23.1 Å². The van der Waals surface area contributed by atoms with Crippen LogP contribution in [-0.4, -0.2) is 92.3 Å².